The Morgan fingerprint density at radius 1 is 1.19 bits per heavy atom. The molecule has 0 spiro atoms. The quantitative estimate of drug-likeness (QED) is 0.751. The molecule has 9 heteroatoms. The predicted molar refractivity (Wildman–Crippen MR) is 106 cm³/mol. The molecule has 1 N–H and O–H groups in total. The maximum absolute atomic E-state index is 13.8. The van der Waals surface area contributed by atoms with Crippen LogP contribution in [0.5, 0.6) is 5.75 Å². The summed E-state index contributed by atoms with van der Waals surface area (Å²) >= 11 is 0. The molecular weight excluding hydrogens is 408 g/mol. The number of amides is 1. The maximum Gasteiger partial charge on any atom is 0.275 e. The zero-order valence-electron chi connectivity index (χ0n) is 16.7. The summed E-state index contributed by atoms with van der Waals surface area (Å²) in [5, 5.41) is 10.5. The van der Waals surface area contributed by atoms with E-state index in [2.05, 4.69) is 4.90 Å². The van der Waals surface area contributed by atoms with Crippen molar-refractivity contribution in [3.05, 3.63) is 63.1 Å². The van der Waals surface area contributed by atoms with E-state index in [0.717, 1.165) is 31.5 Å². The standard InChI is InChI=1S/C22H21F2N3O4/c23-13-5-3-12(16(24)8-13)4-6-17(28)15-10-25-11-18-26-7-1-2-14(26)9-27(18)22(31)19(25)21(30)20(15)29/h3,5,8,10,14,18,30H,1-2,4,6-7,9,11H2/t14?,18-/m1/s1. The summed E-state index contributed by atoms with van der Waals surface area (Å²) in [7, 11) is 0. The number of benzene rings is 1. The average molecular weight is 429 g/mol. The van der Waals surface area contributed by atoms with Crippen LogP contribution in [0, 0.1) is 11.6 Å². The van der Waals surface area contributed by atoms with Gasteiger partial charge in [0.2, 0.25) is 5.43 Å². The molecule has 0 saturated carbocycles. The number of aryl methyl sites for hydroxylation is 1. The van der Waals surface area contributed by atoms with Gasteiger partial charge in [-0.15, -0.1) is 0 Å². The van der Waals surface area contributed by atoms with Gasteiger partial charge in [0.25, 0.3) is 5.91 Å². The minimum atomic E-state index is -0.901. The number of carbonyl (C=O) groups excluding carboxylic acids is 2. The van der Waals surface area contributed by atoms with Crippen molar-refractivity contribution in [2.45, 2.75) is 44.4 Å². The van der Waals surface area contributed by atoms with E-state index >= 15 is 0 Å². The maximum atomic E-state index is 13.8. The van der Waals surface area contributed by atoms with Crippen LogP contribution in [0.4, 0.5) is 8.78 Å². The first kappa shape index (κ1) is 19.9. The van der Waals surface area contributed by atoms with Crippen LogP contribution in [0.1, 0.15) is 45.7 Å². The Morgan fingerprint density at radius 3 is 2.77 bits per heavy atom. The zero-order chi connectivity index (χ0) is 21.9. The summed E-state index contributed by atoms with van der Waals surface area (Å²) in [6.45, 7) is 1.81. The van der Waals surface area contributed by atoms with Crippen molar-refractivity contribution in [2.24, 2.45) is 0 Å². The lowest BCUT2D eigenvalue weighted by molar-refractivity contribution is 0.0513. The van der Waals surface area contributed by atoms with E-state index in [9.17, 15) is 28.3 Å². The van der Waals surface area contributed by atoms with Crippen molar-refractivity contribution in [1.82, 2.24) is 14.4 Å². The molecule has 0 radical (unpaired) electrons. The molecule has 2 saturated heterocycles. The summed E-state index contributed by atoms with van der Waals surface area (Å²) in [4.78, 5) is 42.3. The number of halogens is 2. The van der Waals surface area contributed by atoms with Gasteiger partial charge in [-0.1, -0.05) is 6.07 Å². The van der Waals surface area contributed by atoms with Crippen LogP contribution < -0.4 is 5.43 Å². The third-order valence-electron chi connectivity index (χ3n) is 6.59. The first-order valence-corrected chi connectivity index (χ1v) is 10.4. The molecule has 31 heavy (non-hydrogen) atoms. The molecule has 1 aromatic heterocycles. The lowest BCUT2D eigenvalue weighted by atomic mass is 10.0. The molecule has 3 aliphatic heterocycles. The minimum Gasteiger partial charge on any atom is -0.503 e. The van der Waals surface area contributed by atoms with Gasteiger partial charge in [-0.05, 0) is 30.9 Å². The summed E-state index contributed by atoms with van der Waals surface area (Å²) in [5.74, 6) is -3.18. The number of nitrogens with zero attached hydrogens (tertiary/aromatic N) is 3. The lowest BCUT2D eigenvalue weighted by Crippen LogP contribution is -2.50. The molecule has 1 unspecified atom stereocenters. The minimum absolute atomic E-state index is 0.0162. The van der Waals surface area contributed by atoms with Gasteiger partial charge in [-0.3, -0.25) is 19.3 Å². The number of ketones is 1. The number of rotatable bonds is 4. The summed E-state index contributed by atoms with van der Waals surface area (Å²) in [5.41, 5.74) is -1.07. The SMILES string of the molecule is O=C(CCc1ccc(F)cc1F)c1cn2c(c(O)c1=O)C(=O)N1CC3CCCN3[C@H]1C2. The van der Waals surface area contributed by atoms with E-state index in [0.29, 0.717) is 13.1 Å². The summed E-state index contributed by atoms with van der Waals surface area (Å²) < 4.78 is 28.4. The highest BCUT2D eigenvalue weighted by Crippen LogP contribution is 2.35. The van der Waals surface area contributed by atoms with Crippen LogP contribution in [0.2, 0.25) is 0 Å². The number of pyridine rings is 1. The van der Waals surface area contributed by atoms with Crippen molar-refractivity contribution in [3.8, 4) is 5.75 Å². The highest BCUT2D eigenvalue weighted by atomic mass is 19.1. The molecular formula is C22H21F2N3O4. The van der Waals surface area contributed by atoms with Gasteiger partial charge < -0.3 is 14.6 Å². The topological polar surface area (TPSA) is 82.8 Å². The third kappa shape index (κ3) is 3.15. The molecule has 162 valence electrons. The first-order chi connectivity index (χ1) is 14.8. The fraction of sp³-hybridized carbons (Fsp3) is 0.409. The molecule has 0 bridgehead atoms. The van der Waals surface area contributed by atoms with Crippen LogP contribution in [0.15, 0.2) is 29.2 Å². The highest BCUT2D eigenvalue weighted by molar-refractivity contribution is 6.00. The van der Waals surface area contributed by atoms with Crippen molar-refractivity contribution >= 4 is 11.7 Å². The molecule has 2 aromatic rings. The van der Waals surface area contributed by atoms with Crippen LogP contribution >= 0.6 is 0 Å². The van der Waals surface area contributed by atoms with E-state index in [1.807, 2.05) is 0 Å². The van der Waals surface area contributed by atoms with Gasteiger partial charge in [-0.25, -0.2) is 8.78 Å². The smallest absolute Gasteiger partial charge is 0.275 e. The summed E-state index contributed by atoms with van der Waals surface area (Å²) in [6, 6.07) is 3.39. The normalized spacial score (nSPS) is 22.4. The van der Waals surface area contributed by atoms with E-state index < -0.39 is 34.5 Å². The highest BCUT2D eigenvalue weighted by Gasteiger charge is 2.48. The molecule has 3 aliphatic rings. The van der Waals surface area contributed by atoms with Crippen molar-refractivity contribution < 1.29 is 23.5 Å². The van der Waals surface area contributed by atoms with Crippen LogP contribution in [0.25, 0.3) is 0 Å². The molecule has 2 atom stereocenters. The van der Waals surface area contributed by atoms with Gasteiger partial charge >= 0.3 is 0 Å². The Hall–Kier alpha value is -3.07. The van der Waals surface area contributed by atoms with Crippen molar-refractivity contribution in [3.63, 3.8) is 0 Å². The largest absolute Gasteiger partial charge is 0.503 e. The van der Waals surface area contributed by atoms with Crippen LogP contribution in [-0.2, 0) is 13.0 Å². The first-order valence-electron chi connectivity index (χ1n) is 10.4. The van der Waals surface area contributed by atoms with Gasteiger partial charge in [0, 0.05) is 37.8 Å². The molecule has 1 aromatic carbocycles. The second kappa shape index (κ2) is 7.26. The Balaban J connectivity index is 1.43. The van der Waals surface area contributed by atoms with Gasteiger partial charge in [-0.2, -0.15) is 0 Å². The van der Waals surface area contributed by atoms with Gasteiger partial charge in [0.15, 0.2) is 17.2 Å². The Labute approximate surface area is 176 Å². The summed E-state index contributed by atoms with van der Waals surface area (Å²) in [6.07, 6.45) is 3.04. The molecule has 7 nitrogen and oxygen atoms in total. The fourth-order valence-corrected chi connectivity index (χ4v) is 5.03. The van der Waals surface area contributed by atoms with Gasteiger partial charge in [0.05, 0.1) is 12.1 Å². The van der Waals surface area contributed by atoms with Gasteiger partial charge in [0.1, 0.15) is 17.8 Å². The predicted octanol–water partition coefficient (Wildman–Crippen LogP) is 1.91. The van der Waals surface area contributed by atoms with E-state index in [4.69, 9.17) is 0 Å². The molecule has 5 rings (SSSR count). The van der Waals surface area contributed by atoms with Crippen molar-refractivity contribution in [2.75, 3.05) is 13.1 Å². The number of hydrogen-bond donors (Lipinski definition) is 1. The van der Waals surface area contributed by atoms with E-state index in [1.165, 1.54) is 16.8 Å². The molecule has 0 aliphatic carbocycles. The number of aromatic nitrogens is 1. The lowest BCUT2D eigenvalue weighted by Gasteiger charge is -2.35. The molecule has 2 fully saturated rings. The third-order valence-corrected chi connectivity index (χ3v) is 6.59. The van der Waals surface area contributed by atoms with Crippen LogP contribution in [0.3, 0.4) is 0 Å². The fourth-order valence-electron chi connectivity index (χ4n) is 5.03. The van der Waals surface area contributed by atoms with E-state index in [-0.39, 0.29) is 41.9 Å². The Kier molecular flexibility index (Phi) is 4.65. The molecule has 1 amide bonds. The second-order valence-corrected chi connectivity index (χ2v) is 8.35. The number of fused-ring (bicyclic) bond motifs is 4. The monoisotopic (exact) mass is 429 g/mol. The van der Waals surface area contributed by atoms with E-state index in [1.54, 1.807) is 4.90 Å². The second-order valence-electron chi connectivity index (χ2n) is 8.35. The zero-order valence-corrected chi connectivity index (χ0v) is 16.7. The number of carbonyl (C=O) groups is 2. The number of aromatic hydroxyl groups is 1. The Bertz CT molecular complexity index is 1160. The average Bonchev–Trinajstić information content (AvgIpc) is 3.32. The molecule has 4 heterocycles. The number of Topliss-reactive ketones (excluding diaryl/α,β-unsaturated/α-hetero) is 1. The van der Waals surface area contributed by atoms with Crippen molar-refractivity contribution in [1.29, 1.82) is 0 Å². The van der Waals surface area contributed by atoms with Crippen LogP contribution in [-0.4, -0.2) is 56.5 Å². The number of hydrogen-bond acceptors (Lipinski definition) is 5. The Morgan fingerprint density at radius 2 is 2.00 bits per heavy atom.